The van der Waals surface area contributed by atoms with E-state index in [0.717, 1.165) is 64.3 Å². The molecular weight excluding hydrogens is 556 g/mol. The lowest BCUT2D eigenvalue weighted by Crippen LogP contribution is -2.42. The van der Waals surface area contributed by atoms with E-state index >= 15 is 0 Å². The number of carbonyl (C=O) groups excluding carboxylic acids is 1. The van der Waals surface area contributed by atoms with Gasteiger partial charge in [0.2, 0.25) is 0 Å². The SMILES string of the molecule is CC(C)COc1ccccc1CN1CCC2(CC1)CCN(C(=O)c1ccc(Cl)c(Cl)c1)C2.O=C(O)C(F)(F)F. The first-order chi connectivity index (χ1) is 18.3. The number of carboxylic acid groups (broad SMARTS) is 1. The van der Waals surface area contributed by atoms with Gasteiger partial charge in [-0.1, -0.05) is 55.2 Å². The number of carbonyl (C=O) groups is 2. The number of benzene rings is 2. The number of halogens is 5. The number of rotatable bonds is 6. The van der Waals surface area contributed by atoms with Crippen LogP contribution >= 0.6 is 23.2 Å². The Labute approximate surface area is 236 Å². The van der Waals surface area contributed by atoms with Crippen LogP contribution in [0.25, 0.3) is 0 Å². The van der Waals surface area contributed by atoms with Crippen LogP contribution in [0.5, 0.6) is 5.75 Å². The molecule has 0 saturated carbocycles. The van der Waals surface area contributed by atoms with E-state index in [0.29, 0.717) is 21.5 Å². The lowest BCUT2D eigenvalue weighted by Gasteiger charge is -2.39. The van der Waals surface area contributed by atoms with Crippen molar-refractivity contribution < 1.29 is 32.6 Å². The van der Waals surface area contributed by atoms with Crippen LogP contribution in [0.3, 0.4) is 0 Å². The highest BCUT2D eigenvalue weighted by Crippen LogP contribution is 2.41. The fraction of sp³-hybridized carbons (Fsp3) is 0.500. The number of nitrogens with zero attached hydrogens (tertiary/aromatic N) is 2. The minimum absolute atomic E-state index is 0.0547. The Kier molecular flexibility index (Phi) is 10.5. The van der Waals surface area contributed by atoms with Crippen molar-refractivity contribution in [1.29, 1.82) is 0 Å². The number of aliphatic carboxylic acids is 1. The van der Waals surface area contributed by atoms with Gasteiger partial charge in [0.05, 0.1) is 16.7 Å². The predicted molar refractivity (Wildman–Crippen MR) is 144 cm³/mol. The molecule has 2 aliphatic heterocycles. The molecule has 11 heteroatoms. The average Bonchev–Trinajstić information content (AvgIpc) is 3.29. The van der Waals surface area contributed by atoms with Gasteiger partial charge in [-0.2, -0.15) is 13.2 Å². The molecular formula is C28H33Cl2F3N2O4. The lowest BCUT2D eigenvalue weighted by atomic mass is 9.77. The van der Waals surface area contributed by atoms with Crippen molar-refractivity contribution in [2.75, 3.05) is 32.8 Å². The maximum atomic E-state index is 13.0. The van der Waals surface area contributed by atoms with Crippen LogP contribution in [-0.2, 0) is 11.3 Å². The Morgan fingerprint density at radius 3 is 2.23 bits per heavy atom. The van der Waals surface area contributed by atoms with Crippen molar-refractivity contribution in [3.05, 3.63) is 63.6 Å². The van der Waals surface area contributed by atoms with Crippen molar-refractivity contribution in [2.45, 2.75) is 45.8 Å². The van der Waals surface area contributed by atoms with Crippen LogP contribution < -0.4 is 4.74 Å². The summed E-state index contributed by atoms with van der Waals surface area (Å²) in [6.07, 6.45) is -1.78. The Balaban J connectivity index is 0.000000532. The highest BCUT2D eigenvalue weighted by molar-refractivity contribution is 6.42. The smallest absolute Gasteiger partial charge is 0.490 e. The number of alkyl halides is 3. The Hall–Kier alpha value is -2.49. The van der Waals surface area contributed by atoms with Gasteiger partial charge in [0.25, 0.3) is 5.91 Å². The summed E-state index contributed by atoms with van der Waals surface area (Å²) in [5.41, 5.74) is 2.11. The zero-order valence-corrected chi connectivity index (χ0v) is 23.5. The molecule has 0 aromatic heterocycles. The Morgan fingerprint density at radius 1 is 1.03 bits per heavy atom. The van der Waals surface area contributed by atoms with Crippen LogP contribution in [0.15, 0.2) is 42.5 Å². The molecule has 4 rings (SSSR count). The van der Waals surface area contributed by atoms with E-state index in [2.05, 4.69) is 36.9 Å². The summed E-state index contributed by atoms with van der Waals surface area (Å²) < 4.78 is 37.8. The summed E-state index contributed by atoms with van der Waals surface area (Å²) >= 11 is 12.1. The number of piperidine rings is 1. The summed E-state index contributed by atoms with van der Waals surface area (Å²) in [6.45, 7) is 9.73. The number of amides is 1. The first-order valence-electron chi connectivity index (χ1n) is 12.8. The van der Waals surface area contributed by atoms with Gasteiger partial charge in [-0.15, -0.1) is 0 Å². The molecule has 0 radical (unpaired) electrons. The number of likely N-dealkylation sites (tertiary alicyclic amines) is 2. The summed E-state index contributed by atoms with van der Waals surface area (Å²) in [5.74, 6) is -1.19. The summed E-state index contributed by atoms with van der Waals surface area (Å²) in [4.78, 5) is 26.4. The number of carboxylic acids is 1. The van der Waals surface area contributed by atoms with Gasteiger partial charge in [-0.05, 0) is 68.0 Å². The van der Waals surface area contributed by atoms with E-state index in [-0.39, 0.29) is 11.3 Å². The van der Waals surface area contributed by atoms with E-state index in [1.165, 1.54) is 5.56 Å². The molecule has 6 nitrogen and oxygen atoms in total. The molecule has 2 aromatic rings. The van der Waals surface area contributed by atoms with Crippen molar-refractivity contribution in [3.8, 4) is 5.75 Å². The molecule has 0 atom stereocenters. The predicted octanol–water partition coefficient (Wildman–Crippen LogP) is 6.79. The Morgan fingerprint density at radius 2 is 1.64 bits per heavy atom. The molecule has 2 aliphatic rings. The van der Waals surface area contributed by atoms with Crippen LogP contribution in [-0.4, -0.2) is 65.7 Å². The molecule has 0 unspecified atom stereocenters. The maximum Gasteiger partial charge on any atom is 0.490 e. The lowest BCUT2D eigenvalue weighted by molar-refractivity contribution is -0.192. The van der Waals surface area contributed by atoms with E-state index in [1.54, 1.807) is 18.2 Å². The molecule has 214 valence electrons. The minimum Gasteiger partial charge on any atom is -0.493 e. The molecule has 2 aromatic carbocycles. The van der Waals surface area contributed by atoms with Crippen LogP contribution in [0.2, 0.25) is 10.0 Å². The fourth-order valence-corrected chi connectivity index (χ4v) is 5.08. The van der Waals surface area contributed by atoms with Crippen molar-refractivity contribution in [3.63, 3.8) is 0 Å². The van der Waals surface area contributed by atoms with E-state index in [4.69, 9.17) is 37.8 Å². The van der Waals surface area contributed by atoms with Gasteiger partial charge in [0.15, 0.2) is 0 Å². The molecule has 1 N–H and O–H groups in total. The second-order valence-corrected chi connectivity index (χ2v) is 11.3. The van der Waals surface area contributed by atoms with Crippen LogP contribution in [0.1, 0.15) is 49.0 Å². The molecule has 1 spiro atoms. The summed E-state index contributed by atoms with van der Waals surface area (Å²) in [6, 6.07) is 13.5. The van der Waals surface area contributed by atoms with Gasteiger partial charge in [-0.3, -0.25) is 9.69 Å². The molecule has 2 saturated heterocycles. The second-order valence-electron chi connectivity index (χ2n) is 10.5. The summed E-state index contributed by atoms with van der Waals surface area (Å²) in [7, 11) is 0. The maximum absolute atomic E-state index is 13.0. The molecule has 0 bridgehead atoms. The van der Waals surface area contributed by atoms with E-state index < -0.39 is 12.1 Å². The zero-order chi connectivity index (χ0) is 28.8. The molecule has 1 amide bonds. The second kappa shape index (κ2) is 13.2. The highest BCUT2D eigenvalue weighted by Gasteiger charge is 2.42. The number of hydrogen-bond acceptors (Lipinski definition) is 4. The molecule has 39 heavy (non-hydrogen) atoms. The van der Waals surface area contributed by atoms with Gasteiger partial charge >= 0.3 is 12.1 Å². The standard InChI is InChI=1S/C26H32Cl2N2O2.C2HF3O2/c1-19(2)17-32-24-6-4-3-5-21(24)16-29-12-9-26(10-13-29)11-14-30(18-26)25(31)20-7-8-22(27)23(28)15-20;3-2(4,5)1(6)7/h3-8,15,19H,9-14,16-18H2,1-2H3;(H,6,7). The molecule has 2 fully saturated rings. The largest absolute Gasteiger partial charge is 0.493 e. The molecule has 2 heterocycles. The summed E-state index contributed by atoms with van der Waals surface area (Å²) in [5, 5.41) is 8.03. The third-order valence-electron chi connectivity index (χ3n) is 6.99. The zero-order valence-electron chi connectivity index (χ0n) is 21.9. The van der Waals surface area contributed by atoms with Crippen molar-refractivity contribution in [1.82, 2.24) is 9.80 Å². The normalized spacial score (nSPS) is 17.2. The van der Waals surface area contributed by atoms with Gasteiger partial charge in [-0.25, -0.2) is 4.79 Å². The van der Waals surface area contributed by atoms with E-state index in [9.17, 15) is 18.0 Å². The first kappa shape index (κ1) is 31.0. The minimum atomic E-state index is -5.08. The third-order valence-corrected chi connectivity index (χ3v) is 7.73. The molecule has 0 aliphatic carbocycles. The monoisotopic (exact) mass is 588 g/mol. The van der Waals surface area contributed by atoms with Gasteiger partial charge < -0.3 is 14.7 Å². The average molecular weight is 589 g/mol. The van der Waals surface area contributed by atoms with Gasteiger partial charge in [0.1, 0.15) is 5.75 Å². The quantitative estimate of drug-likeness (QED) is 0.402. The number of hydrogen-bond donors (Lipinski definition) is 1. The highest BCUT2D eigenvalue weighted by atomic mass is 35.5. The number of para-hydroxylation sites is 1. The number of ether oxygens (including phenoxy) is 1. The van der Waals surface area contributed by atoms with Crippen molar-refractivity contribution >= 4 is 35.1 Å². The Bertz CT molecular complexity index is 1150. The van der Waals surface area contributed by atoms with E-state index in [1.807, 2.05) is 11.0 Å². The van der Waals surface area contributed by atoms with Crippen LogP contribution in [0.4, 0.5) is 13.2 Å². The third kappa shape index (κ3) is 8.75. The topological polar surface area (TPSA) is 70.1 Å². The van der Waals surface area contributed by atoms with Crippen LogP contribution in [0, 0.1) is 11.3 Å². The first-order valence-corrected chi connectivity index (χ1v) is 13.5. The van der Waals surface area contributed by atoms with Crippen molar-refractivity contribution in [2.24, 2.45) is 11.3 Å². The van der Waals surface area contributed by atoms with Gasteiger partial charge in [0, 0.05) is 30.8 Å². The fourth-order valence-electron chi connectivity index (χ4n) is 4.79.